The van der Waals surface area contributed by atoms with E-state index in [0.717, 1.165) is 19.1 Å². The van der Waals surface area contributed by atoms with Gasteiger partial charge in [0.1, 0.15) is 17.4 Å². The Morgan fingerprint density at radius 1 is 1.50 bits per heavy atom. The number of hydrogen-bond donors (Lipinski definition) is 0. The lowest BCUT2D eigenvalue weighted by molar-refractivity contribution is -0.117. The van der Waals surface area contributed by atoms with Gasteiger partial charge < -0.3 is 9.53 Å². The Kier molecular flexibility index (Phi) is 3.61. The first-order chi connectivity index (χ1) is 7.34. The lowest BCUT2D eigenvalue weighted by Gasteiger charge is -2.34. The van der Waals surface area contributed by atoms with Gasteiger partial charge in [-0.2, -0.15) is 0 Å². The Hall–Kier alpha value is -1.06. The number of ether oxygens (including phenoxy) is 1. The zero-order valence-electron chi connectivity index (χ0n) is 10.6. The van der Waals surface area contributed by atoms with Gasteiger partial charge >= 0.3 is 6.09 Å². The maximum atomic E-state index is 11.9. The second-order valence-corrected chi connectivity index (χ2v) is 5.31. The number of aldehydes is 1. The molecule has 0 saturated carbocycles. The quantitative estimate of drug-likeness (QED) is 0.680. The zero-order valence-corrected chi connectivity index (χ0v) is 10.6. The first kappa shape index (κ1) is 13.0. The van der Waals surface area contributed by atoms with Gasteiger partial charge in [-0.1, -0.05) is 6.92 Å². The maximum absolute atomic E-state index is 11.9. The molecule has 1 unspecified atom stereocenters. The molecule has 0 aromatic rings. The molecule has 1 aliphatic heterocycles. The minimum Gasteiger partial charge on any atom is -0.444 e. The van der Waals surface area contributed by atoms with Crippen molar-refractivity contribution >= 4 is 12.4 Å². The van der Waals surface area contributed by atoms with Crippen LogP contribution in [0.1, 0.15) is 47.0 Å². The summed E-state index contributed by atoms with van der Waals surface area (Å²) in [6.07, 6.45) is 2.77. The van der Waals surface area contributed by atoms with E-state index in [4.69, 9.17) is 4.74 Å². The standard InChI is InChI=1S/C12H21NO3/c1-5-12(9-14)7-6-8-13(12)10(15)16-11(2,3)4/h9H,5-8H2,1-4H3. The predicted molar refractivity (Wildman–Crippen MR) is 61.3 cm³/mol. The van der Waals surface area contributed by atoms with Crippen molar-refractivity contribution in [1.82, 2.24) is 4.90 Å². The van der Waals surface area contributed by atoms with Gasteiger partial charge in [0.05, 0.1) is 0 Å². The number of amides is 1. The summed E-state index contributed by atoms with van der Waals surface area (Å²) < 4.78 is 5.31. The summed E-state index contributed by atoms with van der Waals surface area (Å²) >= 11 is 0. The molecule has 0 radical (unpaired) electrons. The Morgan fingerprint density at radius 3 is 2.56 bits per heavy atom. The Balaban J connectivity index is 2.79. The van der Waals surface area contributed by atoms with E-state index in [-0.39, 0.29) is 6.09 Å². The fourth-order valence-electron chi connectivity index (χ4n) is 2.06. The molecule has 0 bridgehead atoms. The van der Waals surface area contributed by atoms with Crippen LogP contribution in [0.5, 0.6) is 0 Å². The molecule has 92 valence electrons. The highest BCUT2D eigenvalue weighted by atomic mass is 16.6. The van der Waals surface area contributed by atoms with Gasteiger partial charge in [0.25, 0.3) is 0 Å². The van der Waals surface area contributed by atoms with Gasteiger partial charge in [0.2, 0.25) is 0 Å². The third kappa shape index (κ3) is 2.54. The number of rotatable bonds is 2. The molecule has 16 heavy (non-hydrogen) atoms. The Labute approximate surface area is 96.9 Å². The maximum Gasteiger partial charge on any atom is 0.411 e. The number of nitrogens with zero attached hydrogens (tertiary/aromatic N) is 1. The van der Waals surface area contributed by atoms with Crippen LogP contribution in [0.2, 0.25) is 0 Å². The van der Waals surface area contributed by atoms with Crippen LogP contribution < -0.4 is 0 Å². The highest BCUT2D eigenvalue weighted by molar-refractivity contribution is 5.77. The van der Waals surface area contributed by atoms with Crippen LogP contribution in [0.25, 0.3) is 0 Å². The second kappa shape index (κ2) is 4.44. The average Bonchev–Trinajstić information content (AvgIpc) is 2.59. The van der Waals surface area contributed by atoms with Crippen LogP contribution in [0.3, 0.4) is 0 Å². The Bertz CT molecular complexity index is 282. The van der Waals surface area contributed by atoms with Crippen molar-refractivity contribution in [2.24, 2.45) is 0 Å². The SMILES string of the molecule is CCC1(C=O)CCCN1C(=O)OC(C)(C)C. The van der Waals surface area contributed by atoms with Gasteiger partial charge in [-0.15, -0.1) is 0 Å². The molecule has 1 rings (SSSR count). The average molecular weight is 227 g/mol. The normalized spacial score (nSPS) is 25.6. The summed E-state index contributed by atoms with van der Waals surface area (Å²) in [5.41, 5.74) is -1.15. The van der Waals surface area contributed by atoms with Gasteiger partial charge in [0, 0.05) is 6.54 Å². The topological polar surface area (TPSA) is 46.6 Å². The highest BCUT2D eigenvalue weighted by Gasteiger charge is 2.43. The summed E-state index contributed by atoms with van der Waals surface area (Å²) in [4.78, 5) is 24.7. The number of carbonyl (C=O) groups excluding carboxylic acids is 2. The minimum atomic E-state index is -0.637. The smallest absolute Gasteiger partial charge is 0.411 e. The molecule has 4 nitrogen and oxygen atoms in total. The molecule has 0 aromatic heterocycles. The van der Waals surface area contributed by atoms with E-state index in [2.05, 4.69) is 0 Å². The monoisotopic (exact) mass is 227 g/mol. The van der Waals surface area contributed by atoms with Crippen LogP contribution in [0.15, 0.2) is 0 Å². The molecule has 1 amide bonds. The number of likely N-dealkylation sites (tertiary alicyclic amines) is 1. The van der Waals surface area contributed by atoms with E-state index >= 15 is 0 Å². The lowest BCUT2D eigenvalue weighted by atomic mass is 9.95. The number of carbonyl (C=O) groups is 2. The van der Waals surface area contributed by atoms with Crippen LogP contribution in [-0.2, 0) is 9.53 Å². The van der Waals surface area contributed by atoms with Crippen LogP contribution in [0.4, 0.5) is 4.79 Å². The van der Waals surface area contributed by atoms with Crippen molar-refractivity contribution in [3.63, 3.8) is 0 Å². The summed E-state index contributed by atoms with van der Waals surface area (Å²) in [5, 5.41) is 0. The van der Waals surface area contributed by atoms with E-state index in [9.17, 15) is 9.59 Å². The van der Waals surface area contributed by atoms with Crippen molar-refractivity contribution in [2.75, 3.05) is 6.54 Å². The Morgan fingerprint density at radius 2 is 2.12 bits per heavy atom. The van der Waals surface area contributed by atoms with Gasteiger partial charge in [-0.3, -0.25) is 4.90 Å². The highest BCUT2D eigenvalue weighted by Crippen LogP contribution is 2.31. The van der Waals surface area contributed by atoms with Crippen molar-refractivity contribution in [3.05, 3.63) is 0 Å². The first-order valence-electron chi connectivity index (χ1n) is 5.81. The van der Waals surface area contributed by atoms with Crippen LogP contribution >= 0.6 is 0 Å². The fraction of sp³-hybridized carbons (Fsp3) is 0.833. The van der Waals surface area contributed by atoms with Gasteiger partial charge in [-0.25, -0.2) is 4.79 Å². The third-order valence-corrected chi connectivity index (χ3v) is 2.97. The van der Waals surface area contributed by atoms with Crippen molar-refractivity contribution in [3.8, 4) is 0 Å². The predicted octanol–water partition coefficient (Wildman–Crippen LogP) is 2.37. The van der Waals surface area contributed by atoms with Crippen molar-refractivity contribution in [1.29, 1.82) is 0 Å². The molecule has 1 aliphatic rings. The molecule has 1 fully saturated rings. The van der Waals surface area contributed by atoms with Crippen molar-refractivity contribution in [2.45, 2.75) is 58.1 Å². The summed E-state index contributed by atoms with van der Waals surface area (Å²) in [6, 6.07) is 0. The first-order valence-corrected chi connectivity index (χ1v) is 5.81. The minimum absolute atomic E-state index is 0.376. The van der Waals surface area contributed by atoms with Gasteiger partial charge in [0.15, 0.2) is 0 Å². The largest absolute Gasteiger partial charge is 0.444 e. The summed E-state index contributed by atoms with van der Waals surface area (Å²) in [5.74, 6) is 0. The molecule has 0 aromatic carbocycles. The fourth-order valence-corrected chi connectivity index (χ4v) is 2.06. The third-order valence-electron chi connectivity index (χ3n) is 2.97. The summed E-state index contributed by atoms with van der Waals surface area (Å²) in [6.45, 7) is 8.03. The molecule has 1 atom stereocenters. The van der Waals surface area contributed by atoms with Crippen LogP contribution in [-0.4, -0.2) is 35.0 Å². The molecule has 1 saturated heterocycles. The van der Waals surface area contributed by atoms with Crippen molar-refractivity contribution < 1.29 is 14.3 Å². The zero-order chi connectivity index (χ0) is 12.4. The number of hydrogen-bond acceptors (Lipinski definition) is 3. The lowest BCUT2D eigenvalue weighted by Crippen LogP contribution is -2.49. The van der Waals surface area contributed by atoms with E-state index in [1.54, 1.807) is 4.90 Å². The molecular formula is C12H21NO3. The molecular weight excluding hydrogens is 206 g/mol. The van der Waals surface area contributed by atoms with E-state index in [0.29, 0.717) is 13.0 Å². The van der Waals surface area contributed by atoms with E-state index in [1.165, 1.54) is 0 Å². The molecule has 1 heterocycles. The molecule has 4 heteroatoms. The van der Waals surface area contributed by atoms with E-state index in [1.807, 2.05) is 27.7 Å². The van der Waals surface area contributed by atoms with Crippen LogP contribution in [0, 0.1) is 0 Å². The second-order valence-electron chi connectivity index (χ2n) is 5.31. The van der Waals surface area contributed by atoms with E-state index < -0.39 is 11.1 Å². The molecule has 0 spiro atoms. The molecule has 0 N–H and O–H groups in total. The van der Waals surface area contributed by atoms with Gasteiger partial charge in [-0.05, 0) is 40.0 Å². The summed E-state index contributed by atoms with van der Waals surface area (Å²) in [7, 11) is 0. The molecule has 0 aliphatic carbocycles.